The minimum absolute atomic E-state index is 0.0954. The fourth-order valence-corrected chi connectivity index (χ4v) is 10.2. The first-order valence-corrected chi connectivity index (χ1v) is 21.1. The molecule has 61 heavy (non-hydrogen) atoms. The fourth-order valence-electron chi connectivity index (χ4n) is 10.2. The zero-order chi connectivity index (χ0) is 41.0. The molecule has 290 valence electrons. The van der Waals surface area contributed by atoms with Gasteiger partial charge in [0.2, 0.25) is 0 Å². The summed E-state index contributed by atoms with van der Waals surface area (Å²) in [6.45, 7) is 9.23. The normalized spacial score (nSPS) is 14.2. The quantitative estimate of drug-likeness (QED) is 0.174. The first-order valence-electron chi connectivity index (χ1n) is 21.1. The molecule has 2 aliphatic rings. The molecule has 4 nitrogen and oxygen atoms in total. The highest BCUT2D eigenvalue weighted by Crippen LogP contribution is 2.51. The number of rotatable bonds is 5. The van der Waals surface area contributed by atoms with Crippen molar-refractivity contribution in [1.29, 1.82) is 0 Å². The van der Waals surface area contributed by atoms with E-state index in [-0.39, 0.29) is 10.8 Å². The van der Waals surface area contributed by atoms with E-state index < -0.39 is 0 Å². The van der Waals surface area contributed by atoms with Crippen molar-refractivity contribution in [2.45, 2.75) is 38.5 Å². The number of hydrogen-bond acceptors (Lipinski definition) is 4. The van der Waals surface area contributed by atoms with Gasteiger partial charge in [0, 0.05) is 38.3 Å². The molecule has 12 rings (SSSR count). The highest BCUT2D eigenvalue weighted by molar-refractivity contribution is 6.13. The molecule has 0 saturated heterocycles. The average molecular weight is 784 g/mol. The van der Waals surface area contributed by atoms with Crippen LogP contribution in [0, 0.1) is 0 Å². The van der Waals surface area contributed by atoms with E-state index in [4.69, 9.17) is 19.4 Å². The molecule has 2 aliphatic carbocycles. The van der Waals surface area contributed by atoms with Crippen molar-refractivity contribution < 1.29 is 4.42 Å². The molecule has 2 aromatic heterocycles. The van der Waals surface area contributed by atoms with Crippen LogP contribution in [0.25, 0.3) is 101 Å². The fraction of sp³-hybridized carbons (Fsp3) is 0.105. The summed E-state index contributed by atoms with van der Waals surface area (Å²) in [6.07, 6.45) is 0. The Kier molecular flexibility index (Phi) is 7.59. The summed E-state index contributed by atoms with van der Waals surface area (Å²) in [5, 5.41) is 2.15. The van der Waals surface area contributed by atoms with Crippen LogP contribution in [-0.2, 0) is 10.8 Å². The minimum Gasteiger partial charge on any atom is -0.456 e. The van der Waals surface area contributed by atoms with Gasteiger partial charge in [0.15, 0.2) is 17.5 Å². The first-order chi connectivity index (χ1) is 29.7. The van der Waals surface area contributed by atoms with E-state index in [9.17, 15) is 0 Å². The van der Waals surface area contributed by atoms with Gasteiger partial charge in [0.1, 0.15) is 11.2 Å². The highest BCUT2D eigenvalue weighted by atomic mass is 16.3. The number of furan rings is 1. The number of hydrogen-bond donors (Lipinski definition) is 0. The van der Waals surface area contributed by atoms with Crippen LogP contribution in [0.1, 0.15) is 49.9 Å². The van der Waals surface area contributed by atoms with Crippen molar-refractivity contribution in [1.82, 2.24) is 15.0 Å². The van der Waals surface area contributed by atoms with Crippen LogP contribution in [0.15, 0.2) is 180 Å². The van der Waals surface area contributed by atoms with Crippen molar-refractivity contribution in [2.75, 3.05) is 0 Å². The molecule has 0 saturated carbocycles. The lowest BCUT2D eigenvalue weighted by atomic mass is 9.82. The molecule has 0 aliphatic heterocycles. The Morgan fingerprint density at radius 3 is 1.36 bits per heavy atom. The Labute approximate surface area is 355 Å². The maximum atomic E-state index is 6.63. The van der Waals surface area contributed by atoms with Gasteiger partial charge in [-0.1, -0.05) is 173 Å². The van der Waals surface area contributed by atoms with E-state index in [1.54, 1.807) is 0 Å². The van der Waals surface area contributed by atoms with Gasteiger partial charge in [-0.05, 0) is 97.1 Å². The molecule has 0 amide bonds. The lowest BCUT2D eigenvalue weighted by Gasteiger charge is -2.21. The molecule has 4 heteroatoms. The summed E-state index contributed by atoms with van der Waals surface area (Å²) >= 11 is 0. The Hall–Kier alpha value is -7.43. The van der Waals surface area contributed by atoms with Gasteiger partial charge in [0.05, 0.1) is 0 Å². The SMILES string of the molecule is CC1(C)c2ccccc2-c2cc(-c3nc(-c4ccc5c(c4)-c4ccccc4C5(C)C)nc(-c4ccc5c(c4)oc4cccc(-c6ccc(-c7ccccc7)cc6)c45)n3)ccc21. The molecular weight excluding hydrogens is 743 g/mol. The standard InChI is InChI=1S/C57H41N3O/c1-56(2)46-18-10-8-15-41(46)44-31-37(26-29-48(44)56)53-58-54(38-27-30-49-45(32-38)42-16-9-11-19-47(42)57(49,3)4)60-55(59-53)39-25-28-43-51(33-39)61-50-20-12-17-40(52(43)50)36-23-21-35(22-24-36)34-13-6-5-7-14-34/h5-33H,1-4H3. The van der Waals surface area contributed by atoms with E-state index in [1.807, 2.05) is 0 Å². The molecule has 8 aromatic carbocycles. The molecule has 0 radical (unpaired) electrons. The summed E-state index contributed by atoms with van der Waals surface area (Å²) in [6, 6.07) is 62.9. The molecule has 0 fully saturated rings. The van der Waals surface area contributed by atoms with E-state index in [0.717, 1.165) is 49.8 Å². The third kappa shape index (κ3) is 5.41. The third-order valence-corrected chi connectivity index (χ3v) is 13.4. The van der Waals surface area contributed by atoms with Gasteiger partial charge in [0.25, 0.3) is 0 Å². The molecule has 0 spiro atoms. The molecule has 2 heterocycles. The van der Waals surface area contributed by atoms with E-state index in [2.05, 4.69) is 204 Å². The maximum Gasteiger partial charge on any atom is 0.164 e. The second kappa shape index (κ2) is 13.0. The van der Waals surface area contributed by atoms with Gasteiger partial charge in [-0.25, -0.2) is 15.0 Å². The minimum atomic E-state index is -0.0954. The van der Waals surface area contributed by atoms with Crippen molar-refractivity contribution in [3.8, 4) is 78.7 Å². The smallest absolute Gasteiger partial charge is 0.164 e. The molecule has 0 bridgehead atoms. The van der Waals surface area contributed by atoms with Gasteiger partial charge in [-0.3, -0.25) is 0 Å². The van der Waals surface area contributed by atoms with Crippen molar-refractivity contribution in [2.24, 2.45) is 0 Å². The molecular formula is C57H41N3O. The third-order valence-electron chi connectivity index (χ3n) is 13.4. The van der Waals surface area contributed by atoms with Crippen molar-refractivity contribution in [3.63, 3.8) is 0 Å². The average Bonchev–Trinajstić information content (AvgIpc) is 3.88. The van der Waals surface area contributed by atoms with E-state index in [0.29, 0.717) is 17.5 Å². The topological polar surface area (TPSA) is 51.8 Å². The maximum absolute atomic E-state index is 6.63. The second-order valence-electron chi connectivity index (χ2n) is 17.6. The summed E-state index contributed by atoms with van der Waals surface area (Å²) < 4.78 is 6.63. The monoisotopic (exact) mass is 783 g/mol. The zero-order valence-electron chi connectivity index (χ0n) is 34.5. The summed E-state index contributed by atoms with van der Waals surface area (Å²) in [5.74, 6) is 1.87. The largest absolute Gasteiger partial charge is 0.456 e. The van der Waals surface area contributed by atoms with Crippen molar-refractivity contribution >= 4 is 21.9 Å². The predicted octanol–water partition coefficient (Wildman–Crippen LogP) is 14.7. The zero-order valence-corrected chi connectivity index (χ0v) is 34.5. The Balaban J connectivity index is 1.01. The van der Waals surface area contributed by atoms with Crippen LogP contribution in [0.2, 0.25) is 0 Å². The number of fused-ring (bicyclic) bond motifs is 9. The summed E-state index contributed by atoms with van der Waals surface area (Å²) in [5.41, 5.74) is 19.2. The number of benzene rings is 8. The number of aromatic nitrogens is 3. The Morgan fingerprint density at radius 2 is 0.770 bits per heavy atom. The first kappa shape index (κ1) is 35.5. The summed E-state index contributed by atoms with van der Waals surface area (Å²) in [4.78, 5) is 15.7. The van der Waals surface area contributed by atoms with Crippen LogP contribution in [0.5, 0.6) is 0 Å². The van der Waals surface area contributed by atoms with Gasteiger partial charge >= 0.3 is 0 Å². The lowest BCUT2D eigenvalue weighted by Crippen LogP contribution is -2.14. The van der Waals surface area contributed by atoms with Crippen LogP contribution in [0.3, 0.4) is 0 Å². The van der Waals surface area contributed by atoms with E-state index >= 15 is 0 Å². The van der Waals surface area contributed by atoms with Gasteiger partial charge in [-0.15, -0.1) is 0 Å². The van der Waals surface area contributed by atoms with Crippen LogP contribution >= 0.6 is 0 Å². The Bertz CT molecular complexity index is 3290. The van der Waals surface area contributed by atoms with Crippen LogP contribution in [-0.4, -0.2) is 15.0 Å². The molecule has 0 atom stereocenters. The molecule has 0 unspecified atom stereocenters. The molecule has 0 N–H and O–H groups in total. The van der Waals surface area contributed by atoms with Gasteiger partial charge in [-0.2, -0.15) is 0 Å². The van der Waals surface area contributed by atoms with Crippen molar-refractivity contribution in [3.05, 3.63) is 198 Å². The summed E-state index contributed by atoms with van der Waals surface area (Å²) in [7, 11) is 0. The predicted molar refractivity (Wildman–Crippen MR) is 249 cm³/mol. The lowest BCUT2D eigenvalue weighted by molar-refractivity contribution is 0.660. The highest BCUT2D eigenvalue weighted by Gasteiger charge is 2.37. The van der Waals surface area contributed by atoms with Gasteiger partial charge < -0.3 is 4.42 Å². The number of nitrogens with zero attached hydrogens (tertiary/aromatic N) is 3. The van der Waals surface area contributed by atoms with Crippen LogP contribution in [0.4, 0.5) is 0 Å². The van der Waals surface area contributed by atoms with Crippen LogP contribution < -0.4 is 0 Å². The molecule has 10 aromatic rings. The van der Waals surface area contributed by atoms with E-state index in [1.165, 1.54) is 55.6 Å². The Morgan fingerprint density at radius 1 is 0.328 bits per heavy atom. The second-order valence-corrected chi connectivity index (χ2v) is 17.6.